The Bertz CT molecular complexity index is 393. The molecule has 0 radical (unpaired) electrons. The van der Waals surface area contributed by atoms with E-state index in [0.29, 0.717) is 6.54 Å². The highest BCUT2D eigenvalue weighted by atomic mass is 32.1. The number of aliphatic carboxylic acids is 1. The fourth-order valence-electron chi connectivity index (χ4n) is 1.16. The molecule has 0 aliphatic rings. The van der Waals surface area contributed by atoms with Crippen molar-refractivity contribution in [1.82, 2.24) is 5.32 Å². The first-order chi connectivity index (χ1) is 7.59. The first kappa shape index (κ1) is 12.6. The first-order valence-corrected chi connectivity index (χ1v) is 5.29. The van der Waals surface area contributed by atoms with Gasteiger partial charge in [-0.3, -0.25) is 9.59 Å². The molecule has 4 nitrogen and oxygen atoms in total. The zero-order valence-corrected chi connectivity index (χ0v) is 9.54. The van der Waals surface area contributed by atoms with Crippen LogP contribution in [0.3, 0.4) is 0 Å². The molecule has 16 heavy (non-hydrogen) atoms. The number of thiol groups is 1. The number of amides is 1. The predicted molar refractivity (Wildman–Crippen MR) is 62.4 cm³/mol. The van der Waals surface area contributed by atoms with E-state index in [-0.39, 0.29) is 18.7 Å². The lowest BCUT2D eigenvalue weighted by molar-refractivity contribution is -0.138. The Balaban J connectivity index is 2.37. The summed E-state index contributed by atoms with van der Waals surface area (Å²) in [6.45, 7) is 0.373. The molecular formula is C11H13NO3S. The number of nitrogens with one attached hydrogen (secondary N) is 1. The van der Waals surface area contributed by atoms with Crippen molar-refractivity contribution in [2.75, 3.05) is 0 Å². The molecule has 1 amide bonds. The van der Waals surface area contributed by atoms with Crippen LogP contribution in [-0.2, 0) is 16.1 Å². The molecular weight excluding hydrogens is 226 g/mol. The topological polar surface area (TPSA) is 66.4 Å². The normalized spacial score (nSPS) is 9.81. The smallest absolute Gasteiger partial charge is 0.303 e. The minimum absolute atomic E-state index is 0.00404. The van der Waals surface area contributed by atoms with Gasteiger partial charge in [0.05, 0.1) is 6.42 Å². The summed E-state index contributed by atoms with van der Waals surface area (Å²) in [7, 11) is 0. The summed E-state index contributed by atoms with van der Waals surface area (Å²) in [5.41, 5.74) is 0.912. The number of rotatable bonds is 5. The Morgan fingerprint density at radius 2 is 1.94 bits per heavy atom. The van der Waals surface area contributed by atoms with E-state index < -0.39 is 5.97 Å². The Kier molecular flexibility index (Phi) is 4.85. The van der Waals surface area contributed by atoms with Crippen molar-refractivity contribution >= 4 is 24.5 Å². The summed E-state index contributed by atoms with van der Waals surface area (Å²) >= 11 is 4.24. The van der Waals surface area contributed by atoms with Gasteiger partial charge in [-0.2, -0.15) is 0 Å². The number of hydrogen-bond acceptors (Lipinski definition) is 3. The average Bonchev–Trinajstić information content (AvgIpc) is 2.25. The lowest BCUT2D eigenvalue weighted by atomic mass is 10.2. The summed E-state index contributed by atoms with van der Waals surface area (Å²) in [6, 6.07) is 7.41. The summed E-state index contributed by atoms with van der Waals surface area (Å²) in [4.78, 5) is 22.3. The molecule has 0 saturated heterocycles. The van der Waals surface area contributed by atoms with E-state index in [0.717, 1.165) is 10.5 Å². The zero-order chi connectivity index (χ0) is 12.0. The maximum atomic E-state index is 11.2. The van der Waals surface area contributed by atoms with Crippen molar-refractivity contribution in [2.45, 2.75) is 24.3 Å². The van der Waals surface area contributed by atoms with Crippen molar-refractivity contribution in [1.29, 1.82) is 0 Å². The van der Waals surface area contributed by atoms with Gasteiger partial charge in [-0.15, -0.1) is 12.6 Å². The monoisotopic (exact) mass is 239 g/mol. The SMILES string of the molecule is O=C(O)CCC(=O)NCc1ccccc1S. The highest BCUT2D eigenvalue weighted by Gasteiger charge is 2.05. The van der Waals surface area contributed by atoms with Crippen LogP contribution in [0, 0.1) is 0 Å². The molecule has 0 aliphatic carbocycles. The van der Waals surface area contributed by atoms with Crippen molar-refractivity contribution in [3.05, 3.63) is 29.8 Å². The quantitative estimate of drug-likeness (QED) is 0.681. The van der Waals surface area contributed by atoms with Gasteiger partial charge < -0.3 is 10.4 Å². The lowest BCUT2D eigenvalue weighted by Gasteiger charge is -2.06. The molecule has 0 aromatic heterocycles. The van der Waals surface area contributed by atoms with Crippen LogP contribution in [-0.4, -0.2) is 17.0 Å². The predicted octanol–water partition coefficient (Wildman–Crippen LogP) is 1.46. The summed E-state index contributed by atoms with van der Waals surface area (Å²) in [5, 5.41) is 11.0. The van der Waals surface area contributed by atoms with Gasteiger partial charge in [0.1, 0.15) is 0 Å². The molecule has 0 aliphatic heterocycles. The van der Waals surface area contributed by atoms with Crippen LogP contribution in [0.2, 0.25) is 0 Å². The van der Waals surface area contributed by atoms with Gasteiger partial charge in [0, 0.05) is 17.9 Å². The number of carbonyl (C=O) groups is 2. The number of benzene rings is 1. The molecule has 0 atom stereocenters. The minimum Gasteiger partial charge on any atom is -0.481 e. The molecule has 5 heteroatoms. The largest absolute Gasteiger partial charge is 0.481 e. The van der Waals surface area contributed by atoms with Crippen LogP contribution in [0.4, 0.5) is 0 Å². The lowest BCUT2D eigenvalue weighted by Crippen LogP contribution is -2.23. The van der Waals surface area contributed by atoms with Crippen molar-refractivity contribution in [3.63, 3.8) is 0 Å². The van der Waals surface area contributed by atoms with E-state index in [4.69, 9.17) is 5.11 Å². The van der Waals surface area contributed by atoms with Crippen LogP contribution >= 0.6 is 12.6 Å². The fraction of sp³-hybridized carbons (Fsp3) is 0.273. The van der Waals surface area contributed by atoms with E-state index in [1.807, 2.05) is 24.3 Å². The summed E-state index contributed by atoms with van der Waals surface area (Å²) in [5.74, 6) is -1.23. The average molecular weight is 239 g/mol. The molecule has 0 fully saturated rings. The van der Waals surface area contributed by atoms with Crippen LogP contribution in [0.5, 0.6) is 0 Å². The molecule has 0 unspecified atom stereocenters. The third-order valence-electron chi connectivity index (χ3n) is 2.03. The molecule has 86 valence electrons. The van der Waals surface area contributed by atoms with Crippen LogP contribution in [0.15, 0.2) is 29.2 Å². The number of carboxylic acids is 1. The molecule has 1 rings (SSSR count). The van der Waals surface area contributed by atoms with E-state index >= 15 is 0 Å². The standard InChI is InChI=1S/C11H13NO3S/c13-10(5-6-11(14)15)12-7-8-3-1-2-4-9(8)16/h1-4,16H,5-7H2,(H,12,13)(H,14,15). The van der Waals surface area contributed by atoms with E-state index in [2.05, 4.69) is 17.9 Å². The molecule has 2 N–H and O–H groups in total. The fourth-order valence-corrected chi connectivity index (χ4v) is 1.40. The minimum atomic E-state index is -0.968. The van der Waals surface area contributed by atoms with Gasteiger partial charge in [0.25, 0.3) is 0 Å². The Morgan fingerprint density at radius 1 is 1.25 bits per heavy atom. The van der Waals surface area contributed by atoms with Gasteiger partial charge in [-0.1, -0.05) is 18.2 Å². The van der Waals surface area contributed by atoms with Gasteiger partial charge in [-0.05, 0) is 11.6 Å². The molecule has 0 saturated carbocycles. The van der Waals surface area contributed by atoms with Crippen molar-refractivity contribution in [3.8, 4) is 0 Å². The second kappa shape index (κ2) is 6.17. The van der Waals surface area contributed by atoms with E-state index in [9.17, 15) is 9.59 Å². The van der Waals surface area contributed by atoms with Crippen molar-refractivity contribution < 1.29 is 14.7 Å². The summed E-state index contributed by atoms with van der Waals surface area (Å²) < 4.78 is 0. The Morgan fingerprint density at radius 3 is 2.56 bits per heavy atom. The molecule has 0 spiro atoms. The molecule has 0 heterocycles. The van der Waals surface area contributed by atoms with Gasteiger partial charge >= 0.3 is 5.97 Å². The van der Waals surface area contributed by atoms with Crippen LogP contribution < -0.4 is 5.32 Å². The summed E-state index contributed by atoms with van der Waals surface area (Å²) in [6.07, 6.45) is -0.140. The highest BCUT2D eigenvalue weighted by molar-refractivity contribution is 7.80. The third kappa shape index (κ3) is 4.35. The highest BCUT2D eigenvalue weighted by Crippen LogP contribution is 2.12. The number of carbonyl (C=O) groups excluding carboxylic acids is 1. The van der Waals surface area contributed by atoms with Crippen LogP contribution in [0.25, 0.3) is 0 Å². The van der Waals surface area contributed by atoms with Gasteiger partial charge in [0.15, 0.2) is 0 Å². The van der Waals surface area contributed by atoms with E-state index in [1.165, 1.54) is 0 Å². The zero-order valence-electron chi connectivity index (χ0n) is 8.64. The maximum Gasteiger partial charge on any atom is 0.303 e. The number of carboxylic acid groups (broad SMARTS) is 1. The third-order valence-corrected chi connectivity index (χ3v) is 2.47. The maximum absolute atomic E-state index is 11.2. The van der Waals surface area contributed by atoms with Gasteiger partial charge in [0.2, 0.25) is 5.91 Å². The first-order valence-electron chi connectivity index (χ1n) is 4.85. The van der Waals surface area contributed by atoms with E-state index in [1.54, 1.807) is 0 Å². The number of hydrogen-bond donors (Lipinski definition) is 3. The second-order valence-corrected chi connectivity index (χ2v) is 3.78. The van der Waals surface area contributed by atoms with Crippen molar-refractivity contribution in [2.24, 2.45) is 0 Å². The second-order valence-electron chi connectivity index (χ2n) is 3.30. The van der Waals surface area contributed by atoms with Crippen LogP contribution in [0.1, 0.15) is 18.4 Å². The Hall–Kier alpha value is -1.49. The Labute approximate surface area is 99.1 Å². The van der Waals surface area contributed by atoms with Gasteiger partial charge in [-0.25, -0.2) is 0 Å². The molecule has 1 aromatic carbocycles. The molecule has 1 aromatic rings. The molecule has 0 bridgehead atoms.